The van der Waals surface area contributed by atoms with Crippen LogP contribution >= 0.6 is 22.9 Å². The minimum atomic E-state index is 0.0412. The van der Waals surface area contributed by atoms with Crippen molar-refractivity contribution in [2.45, 2.75) is 13.0 Å². The average molecular weight is 350 g/mol. The molecule has 0 saturated heterocycles. The van der Waals surface area contributed by atoms with Crippen molar-refractivity contribution in [3.8, 4) is 0 Å². The number of halogens is 1. The molecule has 2 N–H and O–H groups in total. The van der Waals surface area contributed by atoms with Crippen molar-refractivity contribution >= 4 is 45.7 Å². The van der Waals surface area contributed by atoms with E-state index in [1.165, 1.54) is 11.3 Å². The Kier molecular flexibility index (Phi) is 4.95. The molecule has 5 nitrogen and oxygen atoms in total. The SMILES string of the molecule is O=C(Cn1c(NCCCO)nc2cc(Cl)ccc21)c1cccs1. The number of ketones is 1. The van der Waals surface area contributed by atoms with E-state index in [1.807, 2.05) is 28.1 Å². The van der Waals surface area contributed by atoms with Crippen LogP contribution < -0.4 is 5.32 Å². The molecule has 0 aliphatic carbocycles. The molecule has 23 heavy (non-hydrogen) atoms. The van der Waals surface area contributed by atoms with E-state index in [2.05, 4.69) is 10.3 Å². The summed E-state index contributed by atoms with van der Waals surface area (Å²) in [5, 5.41) is 14.6. The number of rotatable bonds is 7. The minimum Gasteiger partial charge on any atom is -0.396 e. The van der Waals surface area contributed by atoms with Gasteiger partial charge in [0, 0.05) is 18.2 Å². The molecule has 1 aromatic carbocycles. The summed E-state index contributed by atoms with van der Waals surface area (Å²) in [4.78, 5) is 17.7. The van der Waals surface area contributed by atoms with E-state index in [-0.39, 0.29) is 18.9 Å². The van der Waals surface area contributed by atoms with E-state index in [1.54, 1.807) is 12.1 Å². The Morgan fingerprint density at radius 2 is 2.26 bits per heavy atom. The predicted octanol–water partition coefficient (Wildman–Crippen LogP) is 3.43. The van der Waals surface area contributed by atoms with Crippen molar-refractivity contribution in [3.05, 3.63) is 45.6 Å². The number of fused-ring (bicyclic) bond motifs is 1. The first-order valence-corrected chi connectivity index (χ1v) is 8.52. The molecular formula is C16H16ClN3O2S. The maximum atomic E-state index is 12.4. The van der Waals surface area contributed by atoms with Gasteiger partial charge in [-0.05, 0) is 36.1 Å². The van der Waals surface area contributed by atoms with Crippen molar-refractivity contribution in [2.24, 2.45) is 0 Å². The number of anilines is 1. The first kappa shape index (κ1) is 16.0. The molecule has 3 aromatic rings. The smallest absolute Gasteiger partial charge is 0.204 e. The Bertz CT molecular complexity index is 814. The van der Waals surface area contributed by atoms with Gasteiger partial charge >= 0.3 is 0 Å². The number of carbonyl (C=O) groups is 1. The third-order valence-corrected chi connectivity index (χ3v) is 4.57. The third kappa shape index (κ3) is 3.55. The number of hydrogen-bond donors (Lipinski definition) is 2. The summed E-state index contributed by atoms with van der Waals surface area (Å²) >= 11 is 7.46. The number of aromatic nitrogens is 2. The summed E-state index contributed by atoms with van der Waals surface area (Å²) in [7, 11) is 0. The van der Waals surface area contributed by atoms with E-state index in [0.29, 0.717) is 23.9 Å². The van der Waals surface area contributed by atoms with Crippen LogP contribution in [0.15, 0.2) is 35.7 Å². The average Bonchev–Trinajstić information content (AvgIpc) is 3.16. The first-order valence-electron chi connectivity index (χ1n) is 7.26. The fourth-order valence-electron chi connectivity index (χ4n) is 2.34. The first-order chi connectivity index (χ1) is 11.2. The fourth-order valence-corrected chi connectivity index (χ4v) is 3.16. The molecule has 2 aromatic heterocycles. The second kappa shape index (κ2) is 7.12. The highest BCUT2D eigenvalue weighted by Gasteiger charge is 2.15. The molecule has 0 bridgehead atoms. The van der Waals surface area contributed by atoms with Gasteiger partial charge in [0.15, 0.2) is 5.78 Å². The molecule has 0 spiro atoms. The molecule has 2 heterocycles. The fraction of sp³-hybridized carbons (Fsp3) is 0.250. The maximum absolute atomic E-state index is 12.4. The summed E-state index contributed by atoms with van der Waals surface area (Å²) in [6.07, 6.45) is 0.614. The normalized spacial score (nSPS) is 11.0. The second-order valence-electron chi connectivity index (χ2n) is 5.06. The summed E-state index contributed by atoms with van der Waals surface area (Å²) in [5.74, 6) is 0.653. The van der Waals surface area contributed by atoms with Crippen LogP contribution in [0.3, 0.4) is 0 Å². The van der Waals surface area contributed by atoms with Crippen LogP contribution in [-0.2, 0) is 6.54 Å². The molecule has 0 aliphatic heterocycles. The van der Waals surface area contributed by atoms with E-state index >= 15 is 0 Å². The van der Waals surface area contributed by atoms with Crippen LogP contribution in [0.1, 0.15) is 16.1 Å². The number of thiophene rings is 1. The van der Waals surface area contributed by atoms with Gasteiger partial charge in [-0.1, -0.05) is 17.7 Å². The van der Waals surface area contributed by atoms with Gasteiger partial charge in [0.05, 0.1) is 22.5 Å². The van der Waals surface area contributed by atoms with Crippen LogP contribution in [0, 0.1) is 0 Å². The molecule has 0 amide bonds. The van der Waals surface area contributed by atoms with Crippen LogP contribution in [0.2, 0.25) is 5.02 Å². The van der Waals surface area contributed by atoms with Gasteiger partial charge in [-0.3, -0.25) is 4.79 Å². The summed E-state index contributed by atoms with van der Waals surface area (Å²) in [6, 6.07) is 9.12. The Morgan fingerprint density at radius 3 is 3.00 bits per heavy atom. The van der Waals surface area contributed by atoms with Crippen LogP contribution in [0.4, 0.5) is 5.95 Å². The van der Waals surface area contributed by atoms with Gasteiger partial charge in [0.2, 0.25) is 5.95 Å². The highest BCUT2D eigenvalue weighted by molar-refractivity contribution is 7.12. The number of aliphatic hydroxyl groups is 1. The molecule has 0 fully saturated rings. The lowest BCUT2D eigenvalue weighted by molar-refractivity contribution is 0.0978. The quantitative estimate of drug-likeness (QED) is 0.506. The van der Waals surface area contributed by atoms with Gasteiger partial charge in [0.1, 0.15) is 0 Å². The Morgan fingerprint density at radius 1 is 1.39 bits per heavy atom. The molecular weight excluding hydrogens is 334 g/mol. The monoisotopic (exact) mass is 349 g/mol. The van der Waals surface area contributed by atoms with Gasteiger partial charge in [0.25, 0.3) is 0 Å². The molecule has 0 aliphatic rings. The van der Waals surface area contributed by atoms with Crippen molar-refractivity contribution in [1.82, 2.24) is 9.55 Å². The second-order valence-corrected chi connectivity index (χ2v) is 6.44. The van der Waals surface area contributed by atoms with Crippen molar-refractivity contribution in [2.75, 3.05) is 18.5 Å². The van der Waals surface area contributed by atoms with Crippen molar-refractivity contribution in [1.29, 1.82) is 0 Å². The lowest BCUT2D eigenvalue weighted by Gasteiger charge is -2.09. The van der Waals surface area contributed by atoms with Crippen LogP contribution in [0.5, 0.6) is 0 Å². The van der Waals surface area contributed by atoms with Crippen LogP contribution in [-0.4, -0.2) is 33.6 Å². The zero-order valence-electron chi connectivity index (χ0n) is 12.3. The van der Waals surface area contributed by atoms with E-state index in [4.69, 9.17) is 16.7 Å². The van der Waals surface area contributed by atoms with E-state index in [9.17, 15) is 4.79 Å². The summed E-state index contributed by atoms with van der Waals surface area (Å²) in [6.45, 7) is 0.897. The zero-order valence-corrected chi connectivity index (χ0v) is 13.9. The molecule has 7 heteroatoms. The lowest BCUT2D eigenvalue weighted by atomic mass is 10.3. The highest BCUT2D eigenvalue weighted by atomic mass is 35.5. The standard InChI is InChI=1S/C16H16ClN3O2S/c17-11-4-5-13-12(9-11)19-16(18-6-2-7-21)20(13)10-14(22)15-3-1-8-23-15/h1,3-5,8-9,21H,2,6-7,10H2,(H,18,19). The lowest BCUT2D eigenvalue weighted by Crippen LogP contribution is -2.14. The minimum absolute atomic E-state index is 0.0412. The number of benzene rings is 1. The number of nitrogens with zero attached hydrogens (tertiary/aromatic N) is 2. The number of imidazole rings is 1. The Hall–Kier alpha value is -1.89. The molecule has 0 radical (unpaired) electrons. The molecule has 0 atom stereocenters. The Balaban J connectivity index is 1.94. The third-order valence-electron chi connectivity index (χ3n) is 3.43. The maximum Gasteiger partial charge on any atom is 0.204 e. The Labute approximate surface area is 142 Å². The van der Waals surface area contributed by atoms with Crippen LogP contribution in [0.25, 0.3) is 11.0 Å². The van der Waals surface area contributed by atoms with Gasteiger partial charge in [-0.25, -0.2) is 4.98 Å². The molecule has 3 rings (SSSR count). The number of nitrogens with one attached hydrogen (secondary N) is 1. The topological polar surface area (TPSA) is 67.2 Å². The zero-order chi connectivity index (χ0) is 16.2. The predicted molar refractivity (Wildman–Crippen MR) is 93.6 cm³/mol. The van der Waals surface area contributed by atoms with Gasteiger partial charge in [-0.15, -0.1) is 11.3 Å². The summed E-state index contributed by atoms with van der Waals surface area (Å²) < 4.78 is 1.85. The molecule has 0 saturated carbocycles. The largest absolute Gasteiger partial charge is 0.396 e. The molecule has 120 valence electrons. The van der Waals surface area contributed by atoms with Gasteiger partial charge < -0.3 is 15.0 Å². The molecule has 0 unspecified atom stereocenters. The number of aliphatic hydroxyl groups excluding tert-OH is 1. The number of carbonyl (C=O) groups excluding carboxylic acids is 1. The summed E-state index contributed by atoms with van der Waals surface area (Å²) in [5.41, 5.74) is 1.59. The highest BCUT2D eigenvalue weighted by Crippen LogP contribution is 2.24. The number of hydrogen-bond acceptors (Lipinski definition) is 5. The van der Waals surface area contributed by atoms with E-state index in [0.717, 1.165) is 15.9 Å². The van der Waals surface area contributed by atoms with E-state index < -0.39 is 0 Å². The van der Waals surface area contributed by atoms with Crippen molar-refractivity contribution in [3.63, 3.8) is 0 Å². The van der Waals surface area contributed by atoms with Gasteiger partial charge in [-0.2, -0.15) is 0 Å². The number of Topliss-reactive ketones (excluding diaryl/α,β-unsaturated/α-hetero) is 1. The van der Waals surface area contributed by atoms with Crippen molar-refractivity contribution < 1.29 is 9.90 Å².